The van der Waals surface area contributed by atoms with Crippen molar-refractivity contribution in [2.75, 3.05) is 25.5 Å². The highest BCUT2D eigenvalue weighted by Crippen LogP contribution is 2.07. The van der Waals surface area contributed by atoms with Gasteiger partial charge in [-0.25, -0.2) is 8.42 Å². The van der Waals surface area contributed by atoms with E-state index in [2.05, 4.69) is 4.74 Å². The molecule has 0 aromatic heterocycles. The first-order valence-corrected chi connectivity index (χ1v) is 6.72. The number of hydrogen-bond donors (Lipinski definition) is 1. The summed E-state index contributed by atoms with van der Waals surface area (Å²) in [6, 6.07) is -0.299. The maximum Gasteiger partial charge on any atom is 0.322 e. The number of sulfonamides is 1. The van der Waals surface area contributed by atoms with Gasteiger partial charge in [0.25, 0.3) is 0 Å². The molecule has 0 rings (SSSR count). The highest BCUT2D eigenvalue weighted by Gasteiger charge is 2.27. The van der Waals surface area contributed by atoms with Gasteiger partial charge >= 0.3 is 5.97 Å². The summed E-state index contributed by atoms with van der Waals surface area (Å²) in [5.41, 5.74) is 0. The van der Waals surface area contributed by atoms with Gasteiger partial charge in [-0.05, 0) is 20.8 Å². The maximum absolute atomic E-state index is 11.8. The van der Waals surface area contributed by atoms with Crippen molar-refractivity contribution < 1.29 is 23.1 Å². The highest BCUT2D eigenvalue weighted by atomic mass is 32.2. The third-order valence-electron chi connectivity index (χ3n) is 1.86. The summed E-state index contributed by atoms with van der Waals surface area (Å²) in [7, 11) is -3.71. The van der Waals surface area contributed by atoms with E-state index in [0.29, 0.717) is 0 Å². The number of rotatable bonds is 7. The van der Waals surface area contributed by atoms with E-state index in [1.54, 1.807) is 20.8 Å². The molecule has 6 nitrogen and oxygen atoms in total. The molecule has 0 radical (unpaired) electrons. The predicted octanol–water partition coefficient (Wildman–Crippen LogP) is -0.418. The molecular formula is C9H19NO5S. The van der Waals surface area contributed by atoms with Crippen LogP contribution in [0.3, 0.4) is 0 Å². The van der Waals surface area contributed by atoms with Crippen molar-refractivity contribution >= 4 is 16.0 Å². The average Bonchev–Trinajstić information content (AvgIpc) is 2.12. The molecule has 0 aromatic carbocycles. The minimum Gasteiger partial charge on any atom is -0.465 e. The Morgan fingerprint density at radius 3 is 2.38 bits per heavy atom. The van der Waals surface area contributed by atoms with Crippen molar-refractivity contribution in [3.05, 3.63) is 0 Å². The van der Waals surface area contributed by atoms with E-state index in [-0.39, 0.29) is 25.8 Å². The van der Waals surface area contributed by atoms with E-state index >= 15 is 0 Å². The van der Waals surface area contributed by atoms with E-state index in [4.69, 9.17) is 5.11 Å². The predicted molar refractivity (Wildman–Crippen MR) is 59.3 cm³/mol. The van der Waals surface area contributed by atoms with Gasteiger partial charge in [-0.2, -0.15) is 4.31 Å². The van der Waals surface area contributed by atoms with Crippen LogP contribution in [-0.4, -0.2) is 55.4 Å². The zero-order valence-electron chi connectivity index (χ0n) is 9.84. The van der Waals surface area contributed by atoms with E-state index in [1.807, 2.05) is 0 Å². The molecule has 96 valence electrons. The van der Waals surface area contributed by atoms with Crippen molar-refractivity contribution in [1.82, 2.24) is 4.31 Å². The van der Waals surface area contributed by atoms with E-state index < -0.39 is 21.7 Å². The summed E-state index contributed by atoms with van der Waals surface area (Å²) in [6.45, 7) is 4.82. The monoisotopic (exact) mass is 253 g/mol. The van der Waals surface area contributed by atoms with Crippen LogP contribution in [0.4, 0.5) is 0 Å². The molecule has 1 N–H and O–H groups in total. The number of aliphatic hydroxyl groups excluding tert-OH is 1. The number of nitrogens with zero attached hydrogens (tertiary/aromatic N) is 1. The summed E-state index contributed by atoms with van der Waals surface area (Å²) in [5, 5.41) is 8.76. The third kappa shape index (κ3) is 4.91. The summed E-state index contributed by atoms with van der Waals surface area (Å²) in [5.74, 6) is -1.45. The third-order valence-corrected chi connectivity index (χ3v) is 3.78. The molecule has 0 heterocycles. The van der Waals surface area contributed by atoms with Crippen molar-refractivity contribution in [1.29, 1.82) is 0 Å². The van der Waals surface area contributed by atoms with Crippen LogP contribution in [0.1, 0.15) is 20.8 Å². The fraction of sp³-hybridized carbons (Fsp3) is 0.889. The normalized spacial score (nSPS) is 12.1. The largest absolute Gasteiger partial charge is 0.465 e. The molecule has 0 saturated heterocycles. The molecule has 0 unspecified atom stereocenters. The van der Waals surface area contributed by atoms with Gasteiger partial charge in [0.1, 0.15) is 0 Å². The molecule has 0 aliphatic carbocycles. The highest BCUT2D eigenvalue weighted by molar-refractivity contribution is 7.89. The van der Waals surface area contributed by atoms with Gasteiger partial charge in [-0.15, -0.1) is 0 Å². The number of carbonyl (C=O) groups is 1. The summed E-state index contributed by atoms with van der Waals surface area (Å²) in [6.07, 6.45) is 0. The first-order valence-electron chi connectivity index (χ1n) is 5.11. The van der Waals surface area contributed by atoms with E-state index in [1.165, 1.54) is 0 Å². The van der Waals surface area contributed by atoms with Gasteiger partial charge in [-0.3, -0.25) is 4.79 Å². The minimum atomic E-state index is -3.71. The Morgan fingerprint density at radius 2 is 2.00 bits per heavy atom. The molecule has 0 bridgehead atoms. The Kier molecular flexibility index (Phi) is 6.54. The standard InChI is InChI=1S/C9H19NO5S/c1-4-15-9(12)7-16(13,14)10(5-6-11)8(2)3/h8,11H,4-7H2,1-3H3. The molecule has 0 atom stereocenters. The number of aliphatic hydroxyl groups is 1. The SMILES string of the molecule is CCOC(=O)CS(=O)(=O)N(CCO)C(C)C. The minimum absolute atomic E-state index is 0.0145. The summed E-state index contributed by atoms with van der Waals surface area (Å²) < 4.78 is 29.2. The number of ether oxygens (including phenoxy) is 1. The van der Waals surface area contributed by atoms with E-state index in [0.717, 1.165) is 4.31 Å². The van der Waals surface area contributed by atoms with Gasteiger partial charge in [0.05, 0.1) is 13.2 Å². The van der Waals surface area contributed by atoms with Gasteiger partial charge < -0.3 is 9.84 Å². The first kappa shape index (κ1) is 15.3. The summed E-state index contributed by atoms with van der Waals surface area (Å²) in [4.78, 5) is 11.1. The Bertz CT molecular complexity index is 312. The van der Waals surface area contributed by atoms with Crippen LogP contribution in [0.25, 0.3) is 0 Å². The number of esters is 1. The number of carbonyl (C=O) groups excluding carboxylic acids is 1. The van der Waals surface area contributed by atoms with Crippen molar-refractivity contribution in [3.8, 4) is 0 Å². The lowest BCUT2D eigenvalue weighted by atomic mass is 10.4. The second kappa shape index (κ2) is 6.82. The summed E-state index contributed by atoms with van der Waals surface area (Å²) >= 11 is 0. The van der Waals surface area contributed by atoms with Crippen LogP contribution in [0.2, 0.25) is 0 Å². The van der Waals surface area contributed by atoms with E-state index in [9.17, 15) is 13.2 Å². The average molecular weight is 253 g/mol. The molecule has 7 heteroatoms. The lowest BCUT2D eigenvalue weighted by molar-refractivity contribution is -0.140. The first-order chi connectivity index (χ1) is 7.35. The fourth-order valence-electron chi connectivity index (χ4n) is 1.25. The zero-order chi connectivity index (χ0) is 12.8. The number of hydrogen-bond acceptors (Lipinski definition) is 5. The van der Waals surface area contributed by atoms with Crippen LogP contribution < -0.4 is 0 Å². The van der Waals surface area contributed by atoms with Crippen LogP contribution in [0, 0.1) is 0 Å². The maximum atomic E-state index is 11.8. The van der Waals surface area contributed by atoms with Crippen LogP contribution in [-0.2, 0) is 19.6 Å². The van der Waals surface area contributed by atoms with Crippen LogP contribution in [0.15, 0.2) is 0 Å². The van der Waals surface area contributed by atoms with Crippen molar-refractivity contribution in [3.63, 3.8) is 0 Å². The molecule has 0 spiro atoms. The van der Waals surface area contributed by atoms with Gasteiger partial charge in [0.15, 0.2) is 5.75 Å². The zero-order valence-corrected chi connectivity index (χ0v) is 10.7. The lowest BCUT2D eigenvalue weighted by Gasteiger charge is -2.24. The van der Waals surface area contributed by atoms with Gasteiger partial charge in [0, 0.05) is 12.6 Å². The van der Waals surface area contributed by atoms with Gasteiger partial charge in [-0.1, -0.05) is 0 Å². The van der Waals surface area contributed by atoms with Gasteiger partial charge in [0.2, 0.25) is 10.0 Å². The fourth-order valence-corrected chi connectivity index (χ4v) is 2.80. The molecule has 16 heavy (non-hydrogen) atoms. The molecule has 0 amide bonds. The van der Waals surface area contributed by atoms with Crippen LogP contribution >= 0.6 is 0 Å². The topological polar surface area (TPSA) is 83.9 Å². The Balaban J connectivity index is 4.66. The molecule has 0 saturated carbocycles. The molecular weight excluding hydrogens is 234 g/mol. The Hall–Kier alpha value is -0.660. The quantitative estimate of drug-likeness (QED) is 0.623. The lowest BCUT2D eigenvalue weighted by Crippen LogP contribution is -2.42. The molecule has 0 aliphatic heterocycles. The molecule has 0 aliphatic rings. The second-order valence-electron chi connectivity index (χ2n) is 3.49. The Morgan fingerprint density at radius 1 is 1.44 bits per heavy atom. The second-order valence-corrected chi connectivity index (χ2v) is 5.41. The van der Waals surface area contributed by atoms with Crippen molar-refractivity contribution in [2.24, 2.45) is 0 Å². The molecule has 0 aromatic rings. The van der Waals surface area contributed by atoms with Crippen molar-refractivity contribution in [2.45, 2.75) is 26.8 Å². The smallest absolute Gasteiger partial charge is 0.322 e. The van der Waals surface area contributed by atoms with Crippen LogP contribution in [0.5, 0.6) is 0 Å². The Labute approximate surface area is 96.2 Å². The molecule has 0 fully saturated rings.